The van der Waals surface area contributed by atoms with Gasteiger partial charge < -0.3 is 4.74 Å². The maximum atomic E-state index is 12.3. The molecule has 1 aliphatic rings. The third kappa shape index (κ3) is 3.88. The van der Waals surface area contributed by atoms with E-state index in [9.17, 15) is 9.59 Å². The maximum absolute atomic E-state index is 12.3. The summed E-state index contributed by atoms with van der Waals surface area (Å²) in [5.74, 6) is -0.00358. The number of hydrogen-bond acceptors (Lipinski definition) is 6. The molecular weight excluding hydrogens is 406 g/mol. The Hall–Kier alpha value is -3.55. The molecule has 164 valence electrons. The lowest BCUT2D eigenvalue weighted by molar-refractivity contribution is -0.155. The van der Waals surface area contributed by atoms with Crippen molar-refractivity contribution in [1.29, 1.82) is 0 Å². The molecule has 3 heterocycles. The fourth-order valence-corrected chi connectivity index (χ4v) is 3.86. The minimum absolute atomic E-state index is 0.0643. The molecule has 0 atom stereocenters. The molecule has 5 rings (SSSR count). The Kier molecular flexibility index (Phi) is 4.62. The minimum atomic E-state index is -0.589. The van der Waals surface area contributed by atoms with E-state index in [0.717, 1.165) is 22.5 Å². The summed E-state index contributed by atoms with van der Waals surface area (Å²) in [4.78, 5) is 29.2. The van der Waals surface area contributed by atoms with Crippen molar-refractivity contribution >= 4 is 28.3 Å². The molecule has 0 unspecified atom stereocenters. The first kappa shape index (κ1) is 20.4. The summed E-state index contributed by atoms with van der Waals surface area (Å²) in [6.07, 6.45) is 6.14. The van der Waals surface area contributed by atoms with Gasteiger partial charge in [0.1, 0.15) is 17.8 Å². The standard InChI is InChI=1S/C24H25N5O3/c1-14(30)23-18-9-16(7-8-20(18)28(27-23)13-22(31)32-24(2,3)4)17-11-25-21-10-19(15-5-6-15)26-29(21)12-17/h7-12,15H,5-6,13H2,1-4H3. The van der Waals surface area contributed by atoms with Crippen LogP contribution in [0.4, 0.5) is 0 Å². The first-order chi connectivity index (χ1) is 15.2. The Bertz CT molecular complexity index is 1370. The quantitative estimate of drug-likeness (QED) is 0.348. The van der Waals surface area contributed by atoms with E-state index in [1.165, 1.54) is 24.4 Å². The van der Waals surface area contributed by atoms with Crippen molar-refractivity contribution in [2.75, 3.05) is 0 Å². The summed E-state index contributed by atoms with van der Waals surface area (Å²) in [5, 5.41) is 9.77. The lowest BCUT2D eigenvalue weighted by atomic mass is 10.0. The van der Waals surface area contributed by atoms with Gasteiger partial charge in [-0.3, -0.25) is 14.3 Å². The predicted octanol–water partition coefficient (Wildman–Crippen LogP) is 4.17. The largest absolute Gasteiger partial charge is 0.459 e. The molecule has 8 heteroatoms. The molecule has 1 aliphatic carbocycles. The van der Waals surface area contributed by atoms with Gasteiger partial charge in [0.15, 0.2) is 11.4 Å². The van der Waals surface area contributed by atoms with Gasteiger partial charge in [0.25, 0.3) is 0 Å². The van der Waals surface area contributed by atoms with Gasteiger partial charge in [-0.15, -0.1) is 0 Å². The van der Waals surface area contributed by atoms with E-state index < -0.39 is 11.6 Å². The van der Waals surface area contributed by atoms with E-state index in [0.29, 0.717) is 22.5 Å². The van der Waals surface area contributed by atoms with Crippen LogP contribution in [0.25, 0.3) is 27.7 Å². The highest BCUT2D eigenvalue weighted by atomic mass is 16.6. The Balaban J connectivity index is 1.53. The number of Topliss-reactive ketones (excluding diaryl/α,β-unsaturated/α-hetero) is 1. The third-order valence-corrected chi connectivity index (χ3v) is 5.44. The normalized spacial score (nSPS) is 14.2. The second kappa shape index (κ2) is 7.25. The van der Waals surface area contributed by atoms with E-state index in [4.69, 9.17) is 4.74 Å². The highest BCUT2D eigenvalue weighted by Gasteiger charge is 2.26. The fraction of sp³-hybridized carbons (Fsp3) is 0.375. The molecule has 4 aromatic rings. The van der Waals surface area contributed by atoms with E-state index in [1.54, 1.807) is 0 Å². The summed E-state index contributed by atoms with van der Waals surface area (Å²) in [6.45, 7) is 6.86. The highest BCUT2D eigenvalue weighted by molar-refractivity contribution is 6.06. The number of fused-ring (bicyclic) bond motifs is 2. The van der Waals surface area contributed by atoms with Crippen LogP contribution in [0.1, 0.15) is 62.6 Å². The Morgan fingerprint density at radius 3 is 2.59 bits per heavy atom. The zero-order valence-electron chi connectivity index (χ0n) is 18.6. The number of benzene rings is 1. The Morgan fingerprint density at radius 1 is 1.12 bits per heavy atom. The molecule has 32 heavy (non-hydrogen) atoms. The van der Waals surface area contributed by atoms with Gasteiger partial charge in [-0.1, -0.05) is 6.07 Å². The number of nitrogens with zero attached hydrogens (tertiary/aromatic N) is 5. The number of carbonyl (C=O) groups is 2. The van der Waals surface area contributed by atoms with E-state index >= 15 is 0 Å². The SMILES string of the molecule is CC(=O)c1nn(CC(=O)OC(C)(C)C)c2ccc(-c3cnc4cc(C5CC5)nn4c3)cc12. The third-order valence-electron chi connectivity index (χ3n) is 5.44. The average molecular weight is 431 g/mol. The number of esters is 1. The number of hydrogen-bond donors (Lipinski definition) is 0. The molecule has 0 saturated heterocycles. The second-order valence-electron chi connectivity index (χ2n) is 9.37. The van der Waals surface area contributed by atoms with Crippen molar-refractivity contribution in [3.63, 3.8) is 0 Å². The summed E-state index contributed by atoms with van der Waals surface area (Å²) >= 11 is 0. The topological polar surface area (TPSA) is 91.4 Å². The smallest absolute Gasteiger partial charge is 0.328 e. The first-order valence-corrected chi connectivity index (χ1v) is 10.8. The molecular formula is C24H25N5O3. The van der Waals surface area contributed by atoms with Crippen LogP contribution in [0.2, 0.25) is 0 Å². The molecule has 1 fully saturated rings. The van der Waals surface area contributed by atoms with Crippen LogP contribution in [0.15, 0.2) is 36.7 Å². The van der Waals surface area contributed by atoms with Crippen molar-refractivity contribution in [2.45, 2.75) is 58.6 Å². The van der Waals surface area contributed by atoms with Crippen molar-refractivity contribution in [3.8, 4) is 11.1 Å². The fourth-order valence-electron chi connectivity index (χ4n) is 3.86. The molecule has 0 bridgehead atoms. The minimum Gasteiger partial charge on any atom is -0.459 e. The zero-order valence-corrected chi connectivity index (χ0v) is 18.6. The van der Waals surface area contributed by atoms with Gasteiger partial charge in [0.05, 0.1) is 11.2 Å². The Morgan fingerprint density at radius 2 is 1.91 bits per heavy atom. The van der Waals surface area contributed by atoms with Crippen LogP contribution in [0.3, 0.4) is 0 Å². The van der Waals surface area contributed by atoms with E-state index in [2.05, 4.69) is 15.2 Å². The first-order valence-electron chi connectivity index (χ1n) is 10.8. The Labute approximate surface area is 185 Å². The molecule has 0 radical (unpaired) electrons. The lowest BCUT2D eigenvalue weighted by Crippen LogP contribution is -2.26. The number of rotatable bonds is 5. The number of ether oxygens (including phenoxy) is 1. The van der Waals surface area contributed by atoms with Gasteiger partial charge in [-0.25, -0.2) is 9.50 Å². The van der Waals surface area contributed by atoms with Crippen molar-refractivity contribution < 1.29 is 14.3 Å². The van der Waals surface area contributed by atoms with Crippen LogP contribution in [-0.2, 0) is 16.1 Å². The lowest BCUT2D eigenvalue weighted by Gasteiger charge is -2.19. The molecule has 0 spiro atoms. The highest BCUT2D eigenvalue weighted by Crippen LogP contribution is 2.39. The van der Waals surface area contributed by atoms with E-state index in [1.807, 2.05) is 61.9 Å². The van der Waals surface area contributed by atoms with Gasteiger partial charge in [-0.2, -0.15) is 10.2 Å². The molecule has 1 saturated carbocycles. The molecule has 1 aromatic carbocycles. The van der Waals surface area contributed by atoms with Gasteiger partial charge in [-0.05, 0) is 51.3 Å². The van der Waals surface area contributed by atoms with Crippen LogP contribution in [-0.4, -0.2) is 41.7 Å². The number of aromatic nitrogens is 5. The van der Waals surface area contributed by atoms with Crippen molar-refractivity contribution in [2.24, 2.45) is 0 Å². The van der Waals surface area contributed by atoms with Crippen LogP contribution in [0.5, 0.6) is 0 Å². The molecule has 0 aliphatic heterocycles. The molecule has 3 aromatic heterocycles. The maximum Gasteiger partial charge on any atom is 0.328 e. The van der Waals surface area contributed by atoms with Gasteiger partial charge >= 0.3 is 5.97 Å². The van der Waals surface area contributed by atoms with Crippen molar-refractivity contribution in [1.82, 2.24) is 24.4 Å². The second-order valence-corrected chi connectivity index (χ2v) is 9.37. The zero-order chi connectivity index (χ0) is 22.6. The monoisotopic (exact) mass is 431 g/mol. The molecule has 0 amide bonds. The van der Waals surface area contributed by atoms with E-state index in [-0.39, 0.29) is 12.3 Å². The van der Waals surface area contributed by atoms with Crippen LogP contribution in [0, 0.1) is 0 Å². The van der Waals surface area contributed by atoms with Crippen molar-refractivity contribution in [3.05, 3.63) is 48.0 Å². The van der Waals surface area contributed by atoms with Crippen LogP contribution < -0.4 is 0 Å². The predicted molar refractivity (Wildman–Crippen MR) is 120 cm³/mol. The average Bonchev–Trinajstić information content (AvgIpc) is 3.38. The van der Waals surface area contributed by atoms with Gasteiger partial charge in [0, 0.05) is 42.3 Å². The molecule has 0 N–H and O–H groups in total. The number of ketones is 1. The van der Waals surface area contributed by atoms with Gasteiger partial charge in [0.2, 0.25) is 0 Å². The number of carbonyl (C=O) groups excluding carboxylic acids is 2. The van der Waals surface area contributed by atoms with Crippen LogP contribution >= 0.6 is 0 Å². The summed E-state index contributed by atoms with van der Waals surface area (Å²) < 4.78 is 8.75. The molecule has 8 nitrogen and oxygen atoms in total. The summed E-state index contributed by atoms with van der Waals surface area (Å²) in [6, 6.07) is 7.77. The summed E-state index contributed by atoms with van der Waals surface area (Å²) in [5.41, 5.74) is 4.14. The summed E-state index contributed by atoms with van der Waals surface area (Å²) in [7, 11) is 0.